The van der Waals surface area contributed by atoms with Crippen LogP contribution < -0.4 is 16.0 Å². The van der Waals surface area contributed by atoms with Gasteiger partial charge in [-0.3, -0.25) is 9.59 Å². The molecule has 1 fully saturated rings. The lowest BCUT2D eigenvalue weighted by Gasteiger charge is -2.31. The number of hydrogen-bond donors (Lipinski definition) is 4. The molecule has 2 rings (SSSR count). The molecule has 1 aliphatic rings. The number of benzene rings is 1. The summed E-state index contributed by atoms with van der Waals surface area (Å²) in [5.74, 6) is -1.54. The van der Waals surface area contributed by atoms with Crippen molar-refractivity contribution >= 4 is 23.7 Å². The quantitative estimate of drug-likeness (QED) is 0.539. The number of nitrogens with one attached hydrogen (secondary N) is 3. The summed E-state index contributed by atoms with van der Waals surface area (Å²) < 4.78 is 0. The third kappa shape index (κ3) is 6.09. The minimum atomic E-state index is -1.17. The van der Waals surface area contributed by atoms with Crippen molar-refractivity contribution in [2.24, 2.45) is 0 Å². The van der Waals surface area contributed by atoms with Gasteiger partial charge in [-0.15, -0.1) is 0 Å². The lowest BCUT2D eigenvalue weighted by atomic mass is 9.94. The van der Waals surface area contributed by atoms with Crippen LogP contribution in [0.15, 0.2) is 30.3 Å². The summed E-state index contributed by atoms with van der Waals surface area (Å²) in [7, 11) is 0. The molecule has 4 N–H and O–H groups in total. The minimum absolute atomic E-state index is 0.121. The SMILES string of the molecule is CCC(=O)C(NC(=O)NC(Cc1ccccc1)C(=O)O)C1CCCC(=O)N1. The number of aliphatic carboxylic acids is 1. The molecule has 1 aromatic rings. The van der Waals surface area contributed by atoms with Crippen LogP contribution in [0.2, 0.25) is 0 Å². The number of ketones is 1. The molecule has 3 amide bonds. The number of carboxylic acid groups (broad SMARTS) is 1. The normalized spacial score (nSPS) is 18.7. The Morgan fingerprint density at radius 1 is 1.22 bits per heavy atom. The Hall–Kier alpha value is -2.90. The number of hydrogen-bond acceptors (Lipinski definition) is 4. The van der Waals surface area contributed by atoms with Gasteiger partial charge >= 0.3 is 12.0 Å². The molecule has 0 aliphatic carbocycles. The van der Waals surface area contributed by atoms with Crippen LogP contribution in [-0.4, -0.2) is 46.9 Å². The molecule has 8 heteroatoms. The first-order valence-electron chi connectivity index (χ1n) is 9.06. The maximum absolute atomic E-state index is 12.4. The third-order valence-corrected chi connectivity index (χ3v) is 4.54. The Morgan fingerprint density at radius 3 is 2.52 bits per heavy atom. The van der Waals surface area contributed by atoms with E-state index >= 15 is 0 Å². The van der Waals surface area contributed by atoms with Gasteiger partial charge in [0.1, 0.15) is 12.1 Å². The number of urea groups is 1. The third-order valence-electron chi connectivity index (χ3n) is 4.54. The molecule has 0 spiro atoms. The fourth-order valence-electron chi connectivity index (χ4n) is 3.10. The second-order valence-electron chi connectivity index (χ2n) is 6.56. The topological polar surface area (TPSA) is 125 Å². The van der Waals surface area contributed by atoms with Gasteiger partial charge in [0.15, 0.2) is 5.78 Å². The van der Waals surface area contributed by atoms with Crippen molar-refractivity contribution in [3.8, 4) is 0 Å². The largest absolute Gasteiger partial charge is 0.480 e. The first-order chi connectivity index (χ1) is 12.9. The number of carboxylic acids is 1. The number of rotatable bonds is 8. The highest BCUT2D eigenvalue weighted by Crippen LogP contribution is 2.13. The van der Waals surface area contributed by atoms with Crippen molar-refractivity contribution in [1.29, 1.82) is 0 Å². The van der Waals surface area contributed by atoms with Gasteiger partial charge in [-0.25, -0.2) is 9.59 Å². The maximum Gasteiger partial charge on any atom is 0.326 e. The maximum atomic E-state index is 12.4. The predicted octanol–water partition coefficient (Wildman–Crippen LogP) is 0.998. The highest BCUT2D eigenvalue weighted by atomic mass is 16.4. The summed E-state index contributed by atoms with van der Waals surface area (Å²) in [6.45, 7) is 1.68. The molecule has 8 nitrogen and oxygen atoms in total. The van der Waals surface area contributed by atoms with Gasteiger partial charge in [0.05, 0.1) is 6.04 Å². The summed E-state index contributed by atoms with van der Waals surface area (Å²) in [5, 5.41) is 17.1. The Kier molecular flexibility index (Phi) is 7.34. The van der Waals surface area contributed by atoms with E-state index in [9.17, 15) is 24.3 Å². The van der Waals surface area contributed by atoms with E-state index in [0.717, 1.165) is 5.56 Å². The average molecular weight is 375 g/mol. The first-order valence-corrected chi connectivity index (χ1v) is 9.06. The second-order valence-corrected chi connectivity index (χ2v) is 6.56. The zero-order valence-corrected chi connectivity index (χ0v) is 15.2. The van der Waals surface area contributed by atoms with E-state index in [1.807, 2.05) is 6.07 Å². The monoisotopic (exact) mass is 375 g/mol. The molecule has 3 unspecified atom stereocenters. The number of Topliss-reactive ketones (excluding diaryl/α,β-unsaturated/α-hetero) is 1. The van der Waals surface area contributed by atoms with Gasteiger partial charge in [-0.2, -0.15) is 0 Å². The lowest BCUT2D eigenvalue weighted by molar-refractivity contribution is -0.139. The molecule has 1 saturated heterocycles. The zero-order chi connectivity index (χ0) is 19.8. The molecule has 0 bridgehead atoms. The molecule has 3 atom stereocenters. The van der Waals surface area contributed by atoms with Crippen LogP contribution in [0.3, 0.4) is 0 Å². The Morgan fingerprint density at radius 2 is 1.93 bits per heavy atom. The van der Waals surface area contributed by atoms with E-state index < -0.39 is 30.1 Å². The van der Waals surface area contributed by atoms with Gasteiger partial charge < -0.3 is 21.1 Å². The number of amides is 3. The van der Waals surface area contributed by atoms with Gasteiger partial charge in [0.2, 0.25) is 5.91 Å². The summed E-state index contributed by atoms with van der Waals surface area (Å²) in [5.41, 5.74) is 0.769. The summed E-state index contributed by atoms with van der Waals surface area (Å²) in [6, 6.07) is 5.70. The van der Waals surface area contributed by atoms with Gasteiger partial charge in [0, 0.05) is 19.3 Å². The van der Waals surface area contributed by atoms with Crippen molar-refractivity contribution < 1.29 is 24.3 Å². The van der Waals surface area contributed by atoms with E-state index in [-0.39, 0.29) is 24.5 Å². The van der Waals surface area contributed by atoms with E-state index in [1.165, 1.54) is 0 Å². The summed E-state index contributed by atoms with van der Waals surface area (Å²) in [4.78, 5) is 47.7. The van der Waals surface area contributed by atoms with Crippen molar-refractivity contribution in [1.82, 2.24) is 16.0 Å². The van der Waals surface area contributed by atoms with E-state index in [2.05, 4.69) is 16.0 Å². The molecule has 1 aliphatic heterocycles. The first kappa shape index (κ1) is 20.4. The number of piperidine rings is 1. The fraction of sp³-hybridized carbons (Fsp3) is 0.474. The highest BCUT2D eigenvalue weighted by molar-refractivity contribution is 5.91. The molecule has 146 valence electrons. The highest BCUT2D eigenvalue weighted by Gasteiger charge is 2.32. The molecule has 1 heterocycles. The van der Waals surface area contributed by atoms with Crippen LogP contribution in [0, 0.1) is 0 Å². The van der Waals surface area contributed by atoms with Crippen molar-refractivity contribution in [2.75, 3.05) is 0 Å². The van der Waals surface area contributed by atoms with E-state index in [4.69, 9.17) is 0 Å². The summed E-state index contributed by atoms with van der Waals surface area (Å²) >= 11 is 0. The van der Waals surface area contributed by atoms with E-state index in [0.29, 0.717) is 19.3 Å². The molecule has 0 aromatic heterocycles. The van der Waals surface area contributed by atoms with Crippen molar-refractivity contribution in [2.45, 2.75) is 57.2 Å². The van der Waals surface area contributed by atoms with Crippen LogP contribution in [-0.2, 0) is 20.8 Å². The van der Waals surface area contributed by atoms with Crippen LogP contribution in [0.5, 0.6) is 0 Å². The lowest BCUT2D eigenvalue weighted by Crippen LogP contribution is -2.60. The second kappa shape index (κ2) is 9.70. The molecule has 27 heavy (non-hydrogen) atoms. The molecule has 0 saturated carbocycles. The molecule has 1 aromatic carbocycles. The number of carbonyl (C=O) groups is 4. The van der Waals surface area contributed by atoms with Gasteiger partial charge in [-0.1, -0.05) is 37.3 Å². The van der Waals surface area contributed by atoms with Crippen LogP contribution in [0.25, 0.3) is 0 Å². The van der Waals surface area contributed by atoms with E-state index in [1.54, 1.807) is 31.2 Å². The Balaban J connectivity index is 2.03. The molecular formula is C19H25N3O5. The van der Waals surface area contributed by atoms with Gasteiger partial charge in [0.25, 0.3) is 0 Å². The zero-order valence-electron chi connectivity index (χ0n) is 15.2. The van der Waals surface area contributed by atoms with Gasteiger partial charge in [-0.05, 0) is 18.4 Å². The summed E-state index contributed by atoms with van der Waals surface area (Å²) in [6.07, 6.45) is 1.93. The smallest absolute Gasteiger partial charge is 0.326 e. The van der Waals surface area contributed by atoms with Crippen LogP contribution >= 0.6 is 0 Å². The molecule has 0 radical (unpaired) electrons. The van der Waals surface area contributed by atoms with Crippen LogP contribution in [0.4, 0.5) is 4.79 Å². The Bertz CT molecular complexity index is 692. The average Bonchev–Trinajstić information content (AvgIpc) is 2.65. The number of carbonyl (C=O) groups excluding carboxylic acids is 3. The molecular weight excluding hydrogens is 350 g/mol. The fourth-order valence-corrected chi connectivity index (χ4v) is 3.10. The van der Waals surface area contributed by atoms with Crippen molar-refractivity contribution in [3.63, 3.8) is 0 Å². The Labute approximate surface area is 157 Å². The predicted molar refractivity (Wildman–Crippen MR) is 98.1 cm³/mol. The van der Waals surface area contributed by atoms with Crippen LogP contribution in [0.1, 0.15) is 38.2 Å². The standard InChI is InChI=1S/C19H25N3O5/c1-2-15(23)17(13-9-6-10-16(24)20-13)22-19(27)21-14(18(25)26)11-12-7-4-3-5-8-12/h3-5,7-8,13-14,17H,2,6,9-11H2,1H3,(H,20,24)(H,25,26)(H2,21,22,27). The van der Waals surface area contributed by atoms with Crippen molar-refractivity contribution in [3.05, 3.63) is 35.9 Å². The minimum Gasteiger partial charge on any atom is -0.480 e.